The molecule has 19 heavy (non-hydrogen) atoms. The number of rotatable bonds is 5. The molecule has 0 aliphatic heterocycles. The predicted molar refractivity (Wildman–Crippen MR) is 76.6 cm³/mol. The predicted octanol–water partition coefficient (Wildman–Crippen LogP) is 3.07. The van der Waals surface area contributed by atoms with Crippen LogP contribution in [-0.2, 0) is 0 Å². The lowest BCUT2D eigenvalue weighted by Crippen LogP contribution is -2.10. The molecular weight excluding hydrogens is 262 g/mol. The van der Waals surface area contributed by atoms with Crippen molar-refractivity contribution in [2.45, 2.75) is 0 Å². The zero-order chi connectivity index (χ0) is 13.7. The standard InChI is InChI=1S/C15H14ClNO2/c16-9-10-19-14-7-5-12(6-8-14)11-1-3-13(4-2-11)15(17)18/h1-8H,9-10H2,(H2,17,18). The quantitative estimate of drug-likeness (QED) is 0.853. The van der Waals surface area contributed by atoms with Gasteiger partial charge >= 0.3 is 0 Å². The van der Waals surface area contributed by atoms with Gasteiger partial charge in [0, 0.05) is 5.56 Å². The van der Waals surface area contributed by atoms with Crippen molar-refractivity contribution in [2.24, 2.45) is 5.73 Å². The molecule has 0 radical (unpaired) electrons. The fourth-order valence-corrected chi connectivity index (χ4v) is 1.80. The molecule has 0 aliphatic carbocycles. The van der Waals surface area contributed by atoms with Crippen LogP contribution in [0.5, 0.6) is 5.75 Å². The minimum absolute atomic E-state index is 0.420. The van der Waals surface area contributed by atoms with E-state index in [1.165, 1.54) is 0 Å². The van der Waals surface area contributed by atoms with Gasteiger partial charge in [-0.1, -0.05) is 24.3 Å². The average Bonchev–Trinajstić information content (AvgIpc) is 2.46. The van der Waals surface area contributed by atoms with Crippen LogP contribution in [0.4, 0.5) is 0 Å². The van der Waals surface area contributed by atoms with Gasteiger partial charge < -0.3 is 10.5 Å². The molecule has 98 valence electrons. The lowest BCUT2D eigenvalue weighted by molar-refractivity contribution is 0.100. The summed E-state index contributed by atoms with van der Waals surface area (Å²) in [7, 11) is 0. The van der Waals surface area contributed by atoms with E-state index in [1.807, 2.05) is 36.4 Å². The Labute approximate surface area is 117 Å². The lowest BCUT2D eigenvalue weighted by Gasteiger charge is -2.06. The van der Waals surface area contributed by atoms with E-state index < -0.39 is 5.91 Å². The number of hydrogen-bond acceptors (Lipinski definition) is 2. The largest absolute Gasteiger partial charge is 0.492 e. The first kappa shape index (κ1) is 13.4. The van der Waals surface area contributed by atoms with Crippen molar-refractivity contribution in [3.8, 4) is 16.9 Å². The summed E-state index contributed by atoms with van der Waals surface area (Å²) in [6, 6.07) is 14.9. The van der Waals surface area contributed by atoms with Crippen molar-refractivity contribution in [1.29, 1.82) is 0 Å². The second-order valence-electron chi connectivity index (χ2n) is 4.00. The molecule has 2 aromatic rings. The molecule has 2 rings (SSSR count). The topological polar surface area (TPSA) is 52.3 Å². The molecular formula is C15H14ClNO2. The highest BCUT2D eigenvalue weighted by Gasteiger charge is 2.02. The van der Waals surface area contributed by atoms with E-state index in [0.717, 1.165) is 16.9 Å². The molecule has 0 saturated carbocycles. The Hall–Kier alpha value is -2.00. The number of hydrogen-bond donors (Lipinski definition) is 1. The van der Waals surface area contributed by atoms with Gasteiger partial charge in [0.2, 0.25) is 5.91 Å². The third-order valence-corrected chi connectivity index (χ3v) is 2.86. The Balaban J connectivity index is 2.15. The van der Waals surface area contributed by atoms with Crippen LogP contribution in [0.3, 0.4) is 0 Å². The minimum Gasteiger partial charge on any atom is -0.492 e. The third kappa shape index (κ3) is 3.48. The van der Waals surface area contributed by atoms with Crippen LogP contribution in [0.25, 0.3) is 11.1 Å². The smallest absolute Gasteiger partial charge is 0.248 e. The fourth-order valence-electron chi connectivity index (χ4n) is 1.73. The minimum atomic E-state index is -0.420. The van der Waals surface area contributed by atoms with Crippen molar-refractivity contribution in [1.82, 2.24) is 0 Å². The number of benzene rings is 2. The highest BCUT2D eigenvalue weighted by molar-refractivity contribution is 6.18. The molecule has 3 nitrogen and oxygen atoms in total. The first-order valence-electron chi connectivity index (χ1n) is 5.90. The number of ether oxygens (including phenoxy) is 1. The van der Waals surface area contributed by atoms with Crippen LogP contribution in [0, 0.1) is 0 Å². The SMILES string of the molecule is NC(=O)c1ccc(-c2ccc(OCCCl)cc2)cc1. The van der Waals surface area contributed by atoms with Crippen LogP contribution in [0.15, 0.2) is 48.5 Å². The Morgan fingerprint density at radius 1 is 1.00 bits per heavy atom. The third-order valence-electron chi connectivity index (χ3n) is 2.70. The Morgan fingerprint density at radius 2 is 1.53 bits per heavy atom. The van der Waals surface area contributed by atoms with Gasteiger partial charge in [-0.3, -0.25) is 4.79 Å². The molecule has 2 aromatic carbocycles. The molecule has 0 fully saturated rings. The summed E-state index contributed by atoms with van der Waals surface area (Å²) in [4.78, 5) is 11.0. The van der Waals surface area contributed by atoms with Gasteiger partial charge in [-0.25, -0.2) is 0 Å². The number of carbonyl (C=O) groups is 1. The number of carbonyl (C=O) groups excluding carboxylic acids is 1. The molecule has 1 amide bonds. The van der Waals surface area contributed by atoms with Crippen molar-refractivity contribution in [2.75, 3.05) is 12.5 Å². The summed E-state index contributed by atoms with van der Waals surface area (Å²) in [6.07, 6.45) is 0. The summed E-state index contributed by atoms with van der Waals surface area (Å²) < 4.78 is 5.40. The molecule has 0 aromatic heterocycles. The van der Waals surface area contributed by atoms with Crippen LogP contribution >= 0.6 is 11.6 Å². The second kappa shape index (κ2) is 6.25. The monoisotopic (exact) mass is 275 g/mol. The number of primary amides is 1. The van der Waals surface area contributed by atoms with Gasteiger partial charge in [0.15, 0.2) is 0 Å². The van der Waals surface area contributed by atoms with Gasteiger partial charge in [-0.05, 0) is 35.4 Å². The fraction of sp³-hybridized carbons (Fsp3) is 0.133. The molecule has 0 atom stereocenters. The van der Waals surface area contributed by atoms with E-state index in [-0.39, 0.29) is 0 Å². The molecule has 0 heterocycles. The maximum atomic E-state index is 11.0. The molecule has 0 saturated heterocycles. The zero-order valence-corrected chi connectivity index (χ0v) is 11.1. The van der Waals surface area contributed by atoms with Crippen molar-refractivity contribution < 1.29 is 9.53 Å². The Bertz CT molecular complexity index is 549. The zero-order valence-electron chi connectivity index (χ0n) is 10.3. The van der Waals surface area contributed by atoms with Gasteiger partial charge in [0.25, 0.3) is 0 Å². The molecule has 4 heteroatoms. The number of alkyl halides is 1. The van der Waals surface area contributed by atoms with Gasteiger partial charge in [-0.15, -0.1) is 11.6 Å². The van der Waals surface area contributed by atoms with Crippen LogP contribution in [0.2, 0.25) is 0 Å². The number of amides is 1. The number of nitrogens with two attached hydrogens (primary N) is 1. The van der Waals surface area contributed by atoms with E-state index in [9.17, 15) is 4.79 Å². The molecule has 0 spiro atoms. The Morgan fingerprint density at radius 3 is 2.00 bits per heavy atom. The van der Waals surface area contributed by atoms with Crippen LogP contribution < -0.4 is 10.5 Å². The summed E-state index contributed by atoms with van der Waals surface area (Å²) in [6.45, 7) is 0.494. The van der Waals surface area contributed by atoms with Crippen molar-refractivity contribution in [3.63, 3.8) is 0 Å². The highest BCUT2D eigenvalue weighted by Crippen LogP contribution is 2.22. The van der Waals surface area contributed by atoms with Crippen molar-refractivity contribution in [3.05, 3.63) is 54.1 Å². The van der Waals surface area contributed by atoms with Crippen LogP contribution in [-0.4, -0.2) is 18.4 Å². The maximum absolute atomic E-state index is 11.0. The van der Waals surface area contributed by atoms with E-state index in [0.29, 0.717) is 18.1 Å². The van der Waals surface area contributed by atoms with Gasteiger partial charge in [0.1, 0.15) is 12.4 Å². The molecule has 0 unspecified atom stereocenters. The summed E-state index contributed by atoms with van der Waals surface area (Å²) in [5, 5.41) is 0. The van der Waals surface area contributed by atoms with E-state index in [4.69, 9.17) is 22.1 Å². The molecule has 2 N–H and O–H groups in total. The second-order valence-corrected chi connectivity index (χ2v) is 4.38. The van der Waals surface area contributed by atoms with E-state index in [1.54, 1.807) is 12.1 Å². The first-order valence-corrected chi connectivity index (χ1v) is 6.43. The summed E-state index contributed by atoms with van der Waals surface area (Å²) in [5.74, 6) is 0.839. The lowest BCUT2D eigenvalue weighted by atomic mass is 10.0. The van der Waals surface area contributed by atoms with Gasteiger partial charge in [0.05, 0.1) is 5.88 Å². The molecule has 0 aliphatic rings. The molecule has 0 bridgehead atoms. The number of halogens is 1. The average molecular weight is 276 g/mol. The van der Waals surface area contributed by atoms with Crippen molar-refractivity contribution >= 4 is 17.5 Å². The van der Waals surface area contributed by atoms with Gasteiger partial charge in [-0.2, -0.15) is 0 Å². The first-order chi connectivity index (χ1) is 9.20. The summed E-state index contributed by atoms with van der Waals surface area (Å²) in [5.41, 5.74) is 7.78. The van der Waals surface area contributed by atoms with E-state index in [2.05, 4.69) is 0 Å². The van der Waals surface area contributed by atoms with Crippen LogP contribution in [0.1, 0.15) is 10.4 Å². The van der Waals surface area contributed by atoms with E-state index >= 15 is 0 Å². The Kier molecular flexibility index (Phi) is 4.42. The maximum Gasteiger partial charge on any atom is 0.248 e. The highest BCUT2D eigenvalue weighted by atomic mass is 35.5. The summed E-state index contributed by atoms with van der Waals surface area (Å²) >= 11 is 5.56. The normalized spacial score (nSPS) is 10.2.